The monoisotopic (exact) mass is 397 g/mol. The molecule has 0 amide bonds. The summed E-state index contributed by atoms with van der Waals surface area (Å²) in [5, 5.41) is 0. The first-order chi connectivity index (χ1) is 10.3. The van der Waals surface area contributed by atoms with Gasteiger partial charge >= 0.3 is 6.18 Å². The second-order valence-electron chi connectivity index (χ2n) is 4.94. The second kappa shape index (κ2) is 8.16. The molecule has 1 aliphatic heterocycles. The van der Waals surface area contributed by atoms with E-state index in [0.717, 1.165) is 29.1 Å². The Bertz CT molecular complexity index is 618. The smallest absolute Gasteiger partial charge is 0.422 e. The SMILES string of the molecule is C=C1C(C)=C[C-]=C(c2ccc(OCC(F)(F)F)cc2)N1CC.[Y]. The van der Waals surface area contributed by atoms with Crippen molar-refractivity contribution in [1.29, 1.82) is 0 Å². The summed E-state index contributed by atoms with van der Waals surface area (Å²) in [6.07, 6.45) is 0.714. The van der Waals surface area contributed by atoms with E-state index in [1.807, 2.05) is 24.8 Å². The molecular weight excluding hydrogens is 380 g/mol. The standard InChI is InChI=1S/C17H17F3NO.Y/c1-4-21-13(3)12(2)5-10-16(21)14-6-8-15(9-7-14)22-11-17(18,19)20;/h5-9H,3-4,11H2,1-2H3;/q-1;. The Morgan fingerprint density at radius 1 is 1.22 bits per heavy atom. The Hall–Kier alpha value is -1.07. The van der Waals surface area contributed by atoms with Crippen molar-refractivity contribution < 1.29 is 50.6 Å². The van der Waals surface area contributed by atoms with Crippen molar-refractivity contribution in [3.8, 4) is 5.75 Å². The maximum Gasteiger partial charge on any atom is 0.422 e. The van der Waals surface area contributed by atoms with Gasteiger partial charge in [-0.05, 0) is 24.8 Å². The summed E-state index contributed by atoms with van der Waals surface area (Å²) in [4.78, 5) is 2.01. The van der Waals surface area contributed by atoms with Crippen LogP contribution in [-0.2, 0) is 32.7 Å². The first kappa shape index (κ1) is 20.0. The molecule has 0 spiro atoms. The first-order valence-electron chi connectivity index (χ1n) is 6.89. The number of allylic oxidation sites excluding steroid dienone is 3. The molecule has 0 aromatic heterocycles. The molecule has 1 aromatic carbocycles. The molecule has 0 saturated carbocycles. The number of hydrogen-bond acceptors (Lipinski definition) is 2. The van der Waals surface area contributed by atoms with Gasteiger partial charge in [0.15, 0.2) is 6.61 Å². The Morgan fingerprint density at radius 2 is 1.83 bits per heavy atom. The fourth-order valence-corrected chi connectivity index (χ4v) is 2.15. The van der Waals surface area contributed by atoms with Crippen molar-refractivity contribution in [2.24, 2.45) is 0 Å². The summed E-state index contributed by atoms with van der Waals surface area (Å²) in [5.74, 6) is 0.186. The number of nitrogens with zero attached hydrogens (tertiary/aromatic N) is 1. The Labute approximate surface area is 159 Å². The van der Waals surface area contributed by atoms with E-state index in [1.165, 1.54) is 12.1 Å². The number of alkyl halides is 3. The van der Waals surface area contributed by atoms with E-state index >= 15 is 0 Å². The van der Waals surface area contributed by atoms with Crippen LogP contribution in [0.1, 0.15) is 19.4 Å². The quantitative estimate of drug-likeness (QED) is 0.691. The number of hydrogen-bond donors (Lipinski definition) is 0. The summed E-state index contributed by atoms with van der Waals surface area (Å²) in [7, 11) is 0. The fraction of sp³-hybridized carbons (Fsp3) is 0.294. The van der Waals surface area contributed by atoms with Crippen LogP contribution in [-0.4, -0.2) is 24.2 Å². The van der Waals surface area contributed by atoms with Crippen LogP contribution in [0.3, 0.4) is 0 Å². The first-order valence-corrected chi connectivity index (χ1v) is 6.89. The van der Waals surface area contributed by atoms with Gasteiger partial charge in [-0.3, -0.25) is 0 Å². The Balaban J connectivity index is 0.00000264. The molecule has 0 N–H and O–H groups in total. The van der Waals surface area contributed by atoms with E-state index in [2.05, 4.69) is 12.7 Å². The number of benzene rings is 1. The van der Waals surface area contributed by atoms with E-state index in [4.69, 9.17) is 4.74 Å². The molecule has 0 unspecified atom stereocenters. The normalized spacial score (nSPS) is 14.8. The molecule has 1 aromatic rings. The molecule has 0 aliphatic carbocycles. The van der Waals surface area contributed by atoms with Gasteiger partial charge < -0.3 is 9.64 Å². The summed E-state index contributed by atoms with van der Waals surface area (Å²) < 4.78 is 41.1. The average molecular weight is 397 g/mol. The molecule has 1 aliphatic rings. The molecule has 0 fully saturated rings. The largest absolute Gasteiger partial charge is 0.484 e. The number of ether oxygens (including phenoxy) is 1. The fourth-order valence-electron chi connectivity index (χ4n) is 2.15. The summed E-state index contributed by atoms with van der Waals surface area (Å²) in [6.45, 7) is 7.46. The predicted octanol–water partition coefficient (Wildman–Crippen LogP) is 4.56. The molecule has 2 nitrogen and oxygen atoms in total. The third-order valence-corrected chi connectivity index (χ3v) is 3.32. The summed E-state index contributed by atoms with van der Waals surface area (Å²) >= 11 is 0. The molecule has 1 radical (unpaired) electrons. The number of halogens is 3. The molecular formula is C17H17F3NOY-. The van der Waals surface area contributed by atoms with Crippen molar-refractivity contribution >= 4 is 5.70 Å². The van der Waals surface area contributed by atoms with Gasteiger partial charge in [0, 0.05) is 39.3 Å². The van der Waals surface area contributed by atoms with E-state index in [9.17, 15) is 13.2 Å². The van der Waals surface area contributed by atoms with Crippen LogP contribution in [0, 0.1) is 6.08 Å². The Kier molecular flexibility index (Phi) is 7.09. The van der Waals surface area contributed by atoms with Crippen LogP contribution in [0.25, 0.3) is 5.70 Å². The van der Waals surface area contributed by atoms with Gasteiger partial charge in [-0.15, -0.1) is 17.7 Å². The topological polar surface area (TPSA) is 12.5 Å². The third-order valence-electron chi connectivity index (χ3n) is 3.32. The molecule has 2 rings (SSSR count). The van der Waals surface area contributed by atoms with Crippen molar-refractivity contribution in [3.63, 3.8) is 0 Å². The molecule has 1 heterocycles. The van der Waals surface area contributed by atoms with Crippen molar-refractivity contribution in [2.45, 2.75) is 20.0 Å². The maximum atomic E-state index is 12.1. The summed E-state index contributed by atoms with van der Waals surface area (Å²) in [6, 6.07) is 6.49. The Morgan fingerprint density at radius 3 is 2.35 bits per heavy atom. The van der Waals surface area contributed by atoms with Gasteiger partial charge in [0.25, 0.3) is 0 Å². The molecule has 0 atom stereocenters. The van der Waals surface area contributed by atoms with Gasteiger partial charge in [-0.25, -0.2) is 0 Å². The van der Waals surface area contributed by atoms with E-state index < -0.39 is 12.8 Å². The zero-order valence-electron chi connectivity index (χ0n) is 13.1. The van der Waals surface area contributed by atoms with Crippen LogP contribution in [0.4, 0.5) is 13.2 Å². The van der Waals surface area contributed by atoms with Gasteiger partial charge in [-0.1, -0.05) is 24.8 Å². The molecule has 23 heavy (non-hydrogen) atoms. The van der Waals surface area contributed by atoms with Crippen molar-refractivity contribution in [2.75, 3.05) is 13.2 Å². The zero-order valence-corrected chi connectivity index (χ0v) is 15.9. The van der Waals surface area contributed by atoms with Crippen LogP contribution in [0.2, 0.25) is 0 Å². The third kappa shape index (κ3) is 5.22. The number of likely N-dealkylation sites (N-methyl/N-ethyl adjacent to an activating group) is 1. The van der Waals surface area contributed by atoms with E-state index in [1.54, 1.807) is 12.1 Å². The minimum absolute atomic E-state index is 0. The molecule has 0 bridgehead atoms. The van der Waals surface area contributed by atoms with Crippen LogP contribution in [0.15, 0.2) is 48.2 Å². The van der Waals surface area contributed by atoms with Gasteiger partial charge in [0.05, 0.1) is 0 Å². The van der Waals surface area contributed by atoms with Crippen LogP contribution >= 0.6 is 0 Å². The average Bonchev–Trinajstić information content (AvgIpc) is 2.47. The molecule has 6 heteroatoms. The van der Waals surface area contributed by atoms with Crippen LogP contribution < -0.4 is 4.74 Å². The van der Waals surface area contributed by atoms with Crippen LogP contribution in [0.5, 0.6) is 5.75 Å². The second-order valence-corrected chi connectivity index (χ2v) is 4.94. The van der Waals surface area contributed by atoms with E-state index in [0.29, 0.717) is 0 Å². The van der Waals surface area contributed by atoms with Crippen molar-refractivity contribution in [3.05, 3.63) is 59.8 Å². The molecule has 121 valence electrons. The predicted molar refractivity (Wildman–Crippen MR) is 79.9 cm³/mol. The minimum Gasteiger partial charge on any atom is -0.484 e. The van der Waals surface area contributed by atoms with Gasteiger partial charge in [-0.2, -0.15) is 25.3 Å². The minimum atomic E-state index is -4.34. The zero-order chi connectivity index (χ0) is 16.3. The summed E-state index contributed by atoms with van der Waals surface area (Å²) in [5.41, 5.74) is 3.64. The maximum absolute atomic E-state index is 12.1. The van der Waals surface area contributed by atoms with E-state index in [-0.39, 0.29) is 38.5 Å². The van der Waals surface area contributed by atoms with Gasteiger partial charge in [0.1, 0.15) is 5.75 Å². The van der Waals surface area contributed by atoms with Gasteiger partial charge in [0.2, 0.25) is 0 Å². The number of rotatable bonds is 4. The van der Waals surface area contributed by atoms with Crippen molar-refractivity contribution in [1.82, 2.24) is 4.90 Å². The molecule has 0 saturated heterocycles.